The van der Waals surface area contributed by atoms with Crippen molar-refractivity contribution in [2.24, 2.45) is 0 Å². The molecule has 0 aromatic carbocycles. The van der Waals surface area contributed by atoms with E-state index in [1.54, 1.807) is 0 Å². The molecule has 0 bridgehead atoms. The van der Waals surface area contributed by atoms with Crippen LogP contribution in [0, 0.1) is 0 Å². The molecule has 5 nitrogen and oxygen atoms in total. The van der Waals surface area contributed by atoms with E-state index in [1.807, 2.05) is 11.8 Å². The summed E-state index contributed by atoms with van der Waals surface area (Å²) >= 11 is 1.52. The van der Waals surface area contributed by atoms with Crippen molar-refractivity contribution >= 4 is 23.8 Å². The van der Waals surface area contributed by atoms with E-state index in [9.17, 15) is 14.7 Å². The third-order valence-corrected chi connectivity index (χ3v) is 5.03. The van der Waals surface area contributed by atoms with E-state index in [-0.39, 0.29) is 6.03 Å². The molecular weight excluding hydrogens is 264 g/mol. The molecule has 1 atom stereocenters. The van der Waals surface area contributed by atoms with E-state index >= 15 is 0 Å². The predicted octanol–water partition coefficient (Wildman–Crippen LogP) is 2.22. The lowest BCUT2D eigenvalue weighted by atomic mass is 9.94. The molecule has 1 saturated carbocycles. The molecule has 0 radical (unpaired) electrons. The SMILES string of the molecule is CCN(C(=O)N1CSCC1C(=O)O)C1CCCCC1. The fourth-order valence-corrected chi connectivity index (χ4v) is 4.08. The van der Waals surface area contributed by atoms with Crippen molar-refractivity contribution < 1.29 is 14.7 Å². The Bertz CT molecular complexity index is 345. The van der Waals surface area contributed by atoms with Gasteiger partial charge in [-0.15, -0.1) is 11.8 Å². The summed E-state index contributed by atoms with van der Waals surface area (Å²) in [5, 5.41) is 9.17. The highest BCUT2D eigenvalue weighted by molar-refractivity contribution is 7.99. The third kappa shape index (κ3) is 3.16. The summed E-state index contributed by atoms with van der Waals surface area (Å²) in [6.45, 7) is 2.64. The normalized spacial score (nSPS) is 24.5. The number of carboxylic acids is 1. The highest BCUT2D eigenvalue weighted by Crippen LogP contribution is 2.27. The van der Waals surface area contributed by atoms with Crippen molar-refractivity contribution in [1.29, 1.82) is 0 Å². The van der Waals surface area contributed by atoms with Crippen LogP contribution in [0.25, 0.3) is 0 Å². The minimum atomic E-state index is -0.891. The van der Waals surface area contributed by atoms with Crippen LogP contribution >= 0.6 is 11.8 Å². The molecule has 0 spiro atoms. The predicted molar refractivity (Wildman–Crippen MR) is 75.2 cm³/mol. The van der Waals surface area contributed by atoms with E-state index in [2.05, 4.69) is 0 Å². The number of hydrogen-bond donors (Lipinski definition) is 1. The van der Waals surface area contributed by atoms with Crippen LogP contribution in [0.4, 0.5) is 4.79 Å². The molecule has 19 heavy (non-hydrogen) atoms. The molecule has 0 aromatic heterocycles. The molecule has 1 unspecified atom stereocenters. The second-order valence-corrected chi connectivity index (χ2v) is 6.18. The second-order valence-electron chi connectivity index (χ2n) is 5.18. The molecule has 108 valence electrons. The highest BCUT2D eigenvalue weighted by atomic mass is 32.2. The van der Waals surface area contributed by atoms with Gasteiger partial charge in [-0.25, -0.2) is 9.59 Å². The van der Waals surface area contributed by atoms with Crippen molar-refractivity contribution in [3.05, 3.63) is 0 Å². The molecule has 2 fully saturated rings. The van der Waals surface area contributed by atoms with Crippen molar-refractivity contribution in [3.8, 4) is 0 Å². The molecular formula is C13H22N2O3S. The first-order chi connectivity index (χ1) is 9.15. The van der Waals surface area contributed by atoms with Crippen LogP contribution in [-0.2, 0) is 4.79 Å². The monoisotopic (exact) mass is 286 g/mol. The number of amides is 2. The number of nitrogens with zero attached hydrogens (tertiary/aromatic N) is 2. The number of carboxylic acid groups (broad SMARTS) is 1. The maximum Gasteiger partial charge on any atom is 0.327 e. The molecule has 1 saturated heterocycles. The van der Waals surface area contributed by atoms with Crippen molar-refractivity contribution in [2.75, 3.05) is 18.2 Å². The number of urea groups is 1. The minimum absolute atomic E-state index is 0.0909. The molecule has 1 aliphatic heterocycles. The van der Waals surface area contributed by atoms with Gasteiger partial charge in [0.2, 0.25) is 0 Å². The second kappa shape index (κ2) is 6.50. The molecule has 0 aromatic rings. The third-order valence-electron chi connectivity index (χ3n) is 4.01. The van der Waals surface area contributed by atoms with Crippen molar-refractivity contribution in [1.82, 2.24) is 9.80 Å². The summed E-state index contributed by atoms with van der Waals surface area (Å²) in [7, 11) is 0. The largest absolute Gasteiger partial charge is 0.480 e. The first-order valence-corrected chi connectivity index (χ1v) is 8.18. The van der Waals surface area contributed by atoms with E-state index in [0.717, 1.165) is 12.8 Å². The highest BCUT2D eigenvalue weighted by Gasteiger charge is 2.38. The summed E-state index contributed by atoms with van der Waals surface area (Å²) in [6, 6.07) is -0.451. The zero-order valence-electron chi connectivity index (χ0n) is 11.4. The summed E-state index contributed by atoms with van der Waals surface area (Å²) in [4.78, 5) is 27.1. The zero-order valence-corrected chi connectivity index (χ0v) is 12.2. The number of thioether (sulfide) groups is 1. The smallest absolute Gasteiger partial charge is 0.327 e. The Balaban J connectivity index is 2.05. The van der Waals surface area contributed by atoms with Gasteiger partial charge in [0.05, 0.1) is 5.88 Å². The molecule has 2 aliphatic rings. The maximum absolute atomic E-state index is 12.6. The average molecular weight is 286 g/mol. The van der Waals surface area contributed by atoms with Gasteiger partial charge in [-0.1, -0.05) is 19.3 Å². The lowest BCUT2D eigenvalue weighted by Crippen LogP contribution is -2.52. The van der Waals surface area contributed by atoms with Crippen molar-refractivity contribution in [3.63, 3.8) is 0 Å². The standard InChI is InChI=1S/C13H22N2O3S/c1-2-14(10-6-4-3-5-7-10)13(18)15-9-19-8-11(15)12(16)17/h10-11H,2-9H2,1H3,(H,16,17). The zero-order chi connectivity index (χ0) is 13.8. The Hall–Kier alpha value is -0.910. The van der Waals surface area contributed by atoms with Crippen LogP contribution in [0.1, 0.15) is 39.0 Å². The van der Waals surface area contributed by atoms with Crippen LogP contribution in [0.3, 0.4) is 0 Å². The molecule has 2 rings (SSSR count). The quantitative estimate of drug-likeness (QED) is 0.864. The van der Waals surface area contributed by atoms with E-state index < -0.39 is 12.0 Å². The fraction of sp³-hybridized carbons (Fsp3) is 0.846. The van der Waals surface area contributed by atoms with Gasteiger partial charge in [-0.2, -0.15) is 0 Å². The summed E-state index contributed by atoms with van der Waals surface area (Å²) in [5.74, 6) is 0.112. The van der Waals surface area contributed by atoms with Crippen LogP contribution in [0.2, 0.25) is 0 Å². The number of hydrogen-bond acceptors (Lipinski definition) is 3. The number of aliphatic carboxylic acids is 1. The first kappa shape index (κ1) is 14.5. The minimum Gasteiger partial charge on any atom is -0.480 e. The topological polar surface area (TPSA) is 60.9 Å². The number of carbonyl (C=O) groups excluding carboxylic acids is 1. The first-order valence-electron chi connectivity index (χ1n) is 7.03. The van der Waals surface area contributed by atoms with Gasteiger partial charge >= 0.3 is 12.0 Å². The summed E-state index contributed by atoms with van der Waals surface area (Å²) < 4.78 is 0. The summed E-state index contributed by atoms with van der Waals surface area (Å²) in [6.07, 6.45) is 5.70. The lowest BCUT2D eigenvalue weighted by Gasteiger charge is -2.37. The van der Waals surface area contributed by atoms with Gasteiger partial charge < -0.3 is 14.9 Å². The Morgan fingerprint density at radius 2 is 2.00 bits per heavy atom. The van der Waals surface area contributed by atoms with Crippen LogP contribution in [0.5, 0.6) is 0 Å². The fourth-order valence-electron chi connectivity index (χ4n) is 2.94. The van der Waals surface area contributed by atoms with Crippen LogP contribution < -0.4 is 0 Å². The Morgan fingerprint density at radius 1 is 1.32 bits per heavy atom. The van der Waals surface area contributed by atoms with E-state index in [1.165, 1.54) is 35.9 Å². The Kier molecular flexibility index (Phi) is 4.96. The van der Waals surface area contributed by atoms with Gasteiger partial charge in [0.15, 0.2) is 0 Å². The van der Waals surface area contributed by atoms with Crippen LogP contribution in [-0.4, -0.2) is 57.2 Å². The average Bonchev–Trinajstić information content (AvgIpc) is 2.90. The van der Waals surface area contributed by atoms with Crippen molar-refractivity contribution in [2.45, 2.75) is 51.1 Å². The van der Waals surface area contributed by atoms with E-state index in [0.29, 0.717) is 24.2 Å². The van der Waals surface area contributed by atoms with Gasteiger partial charge in [-0.05, 0) is 19.8 Å². The van der Waals surface area contributed by atoms with Gasteiger partial charge in [0.25, 0.3) is 0 Å². The number of rotatable bonds is 3. The van der Waals surface area contributed by atoms with Gasteiger partial charge in [0, 0.05) is 18.3 Å². The Labute approximate surface area is 118 Å². The lowest BCUT2D eigenvalue weighted by molar-refractivity contribution is -0.141. The molecule has 2 amide bonds. The Morgan fingerprint density at radius 3 is 2.58 bits per heavy atom. The molecule has 1 heterocycles. The van der Waals surface area contributed by atoms with Gasteiger partial charge in [0.1, 0.15) is 6.04 Å². The summed E-state index contributed by atoms with van der Waals surface area (Å²) in [5.41, 5.74) is 0. The van der Waals surface area contributed by atoms with E-state index in [4.69, 9.17) is 0 Å². The van der Waals surface area contributed by atoms with Crippen LogP contribution in [0.15, 0.2) is 0 Å². The molecule has 1 aliphatic carbocycles. The molecule has 6 heteroatoms. The number of carbonyl (C=O) groups is 2. The van der Waals surface area contributed by atoms with Gasteiger partial charge in [-0.3, -0.25) is 0 Å². The maximum atomic E-state index is 12.6. The molecule has 1 N–H and O–H groups in total.